The summed E-state index contributed by atoms with van der Waals surface area (Å²) in [6.07, 6.45) is 4.69. The number of nitrogens with zero attached hydrogens (tertiary/aromatic N) is 3. The maximum atomic E-state index is 12.1. The van der Waals surface area contributed by atoms with Crippen LogP contribution in [0.1, 0.15) is 19.3 Å². The Morgan fingerprint density at radius 3 is 3.13 bits per heavy atom. The van der Waals surface area contributed by atoms with Gasteiger partial charge in [0.1, 0.15) is 0 Å². The number of hydrogen-bond acceptors (Lipinski definition) is 3. The molecule has 0 aliphatic carbocycles. The van der Waals surface area contributed by atoms with E-state index >= 15 is 0 Å². The molecule has 2 N–H and O–H groups in total. The number of rotatable bonds is 5. The van der Waals surface area contributed by atoms with Gasteiger partial charge in [-0.2, -0.15) is 5.10 Å². The monoisotopic (exact) mass is 316 g/mol. The van der Waals surface area contributed by atoms with Crippen LogP contribution >= 0.6 is 0 Å². The van der Waals surface area contributed by atoms with Crippen molar-refractivity contribution < 1.29 is 9.90 Å². The van der Waals surface area contributed by atoms with Crippen LogP contribution in [0.15, 0.2) is 30.5 Å². The van der Waals surface area contributed by atoms with E-state index in [0.717, 1.165) is 43.3 Å². The number of carbonyl (C=O) groups excluding carboxylic acids is 1. The number of urea groups is 1. The third-order valence-corrected chi connectivity index (χ3v) is 4.44. The average molecular weight is 316 g/mol. The Morgan fingerprint density at radius 1 is 1.39 bits per heavy atom. The van der Waals surface area contributed by atoms with E-state index in [9.17, 15) is 9.90 Å². The fraction of sp³-hybridized carbons (Fsp3) is 0.529. The minimum absolute atomic E-state index is 0.0199. The summed E-state index contributed by atoms with van der Waals surface area (Å²) < 4.78 is 1.98. The Bertz CT molecular complexity index is 655. The second-order valence-corrected chi connectivity index (χ2v) is 6.15. The normalized spacial score (nSPS) is 18.3. The number of piperidine rings is 1. The lowest BCUT2D eigenvalue weighted by molar-refractivity contribution is 0.129. The second kappa shape index (κ2) is 7.46. The maximum Gasteiger partial charge on any atom is 0.317 e. The molecule has 0 unspecified atom stereocenters. The van der Waals surface area contributed by atoms with Crippen LogP contribution in [-0.4, -0.2) is 52.1 Å². The molecule has 23 heavy (non-hydrogen) atoms. The van der Waals surface area contributed by atoms with Crippen LogP contribution in [0.4, 0.5) is 4.79 Å². The van der Waals surface area contributed by atoms with Gasteiger partial charge in [0, 0.05) is 38.2 Å². The van der Waals surface area contributed by atoms with Crippen molar-refractivity contribution in [1.29, 1.82) is 0 Å². The molecule has 2 aromatic rings. The standard InChI is InChI=1S/C17H24N4O2/c22-13-14-5-3-9-20(12-14)17(23)18-8-4-10-21-16-7-2-1-6-15(16)11-19-21/h1-2,6-7,11,14,22H,3-5,8-10,12-13H2,(H,18,23)/t14-/m1/s1. The van der Waals surface area contributed by atoms with Gasteiger partial charge in [-0.15, -0.1) is 0 Å². The lowest BCUT2D eigenvalue weighted by atomic mass is 9.99. The van der Waals surface area contributed by atoms with Crippen molar-refractivity contribution in [1.82, 2.24) is 20.0 Å². The van der Waals surface area contributed by atoms with E-state index in [4.69, 9.17) is 0 Å². The first-order valence-electron chi connectivity index (χ1n) is 8.32. The van der Waals surface area contributed by atoms with E-state index in [-0.39, 0.29) is 18.6 Å². The van der Waals surface area contributed by atoms with Crippen molar-refractivity contribution in [2.45, 2.75) is 25.8 Å². The molecular formula is C17H24N4O2. The molecule has 6 nitrogen and oxygen atoms in total. The predicted molar refractivity (Wildman–Crippen MR) is 89.1 cm³/mol. The molecule has 0 radical (unpaired) electrons. The molecule has 1 aliphatic rings. The summed E-state index contributed by atoms with van der Waals surface area (Å²) in [6, 6.07) is 8.11. The van der Waals surface area contributed by atoms with Crippen LogP contribution in [0.25, 0.3) is 10.9 Å². The highest BCUT2D eigenvalue weighted by molar-refractivity contribution is 5.78. The summed E-state index contributed by atoms with van der Waals surface area (Å²) in [5.41, 5.74) is 1.13. The maximum absolute atomic E-state index is 12.1. The molecule has 1 fully saturated rings. The molecule has 1 aliphatic heterocycles. The van der Waals surface area contributed by atoms with E-state index in [1.165, 1.54) is 0 Å². The summed E-state index contributed by atoms with van der Waals surface area (Å²) in [6.45, 7) is 3.02. The number of aromatic nitrogens is 2. The second-order valence-electron chi connectivity index (χ2n) is 6.15. The summed E-state index contributed by atoms with van der Waals surface area (Å²) in [4.78, 5) is 14.0. The zero-order chi connectivity index (χ0) is 16.1. The van der Waals surface area contributed by atoms with Gasteiger partial charge in [-0.1, -0.05) is 18.2 Å². The molecule has 3 rings (SSSR count). The molecule has 1 saturated heterocycles. The summed E-state index contributed by atoms with van der Waals surface area (Å²) >= 11 is 0. The fourth-order valence-electron chi connectivity index (χ4n) is 3.14. The minimum Gasteiger partial charge on any atom is -0.396 e. The molecule has 0 spiro atoms. The molecule has 1 aromatic carbocycles. The molecule has 2 heterocycles. The highest BCUT2D eigenvalue weighted by Gasteiger charge is 2.22. The number of likely N-dealkylation sites (tertiary alicyclic amines) is 1. The summed E-state index contributed by atoms with van der Waals surface area (Å²) in [5.74, 6) is 0.227. The van der Waals surface area contributed by atoms with E-state index in [1.807, 2.05) is 27.9 Å². The van der Waals surface area contributed by atoms with E-state index in [1.54, 1.807) is 0 Å². The third-order valence-electron chi connectivity index (χ3n) is 4.44. The van der Waals surface area contributed by atoms with Crippen molar-refractivity contribution in [3.63, 3.8) is 0 Å². The quantitative estimate of drug-likeness (QED) is 0.827. The van der Waals surface area contributed by atoms with Crippen molar-refractivity contribution in [2.24, 2.45) is 5.92 Å². The zero-order valence-electron chi connectivity index (χ0n) is 13.3. The molecule has 1 aromatic heterocycles. The van der Waals surface area contributed by atoms with Crippen molar-refractivity contribution in [3.8, 4) is 0 Å². The van der Waals surface area contributed by atoms with E-state index < -0.39 is 0 Å². The summed E-state index contributed by atoms with van der Waals surface area (Å²) in [7, 11) is 0. The average Bonchev–Trinajstić information content (AvgIpc) is 3.02. The molecular weight excluding hydrogens is 292 g/mol. The number of benzene rings is 1. The number of para-hydroxylation sites is 1. The molecule has 124 valence electrons. The number of hydrogen-bond donors (Lipinski definition) is 2. The smallest absolute Gasteiger partial charge is 0.317 e. The van der Waals surface area contributed by atoms with Gasteiger partial charge in [0.05, 0.1) is 11.7 Å². The van der Waals surface area contributed by atoms with Crippen LogP contribution in [0, 0.1) is 5.92 Å². The minimum atomic E-state index is -0.0199. The number of amides is 2. The van der Waals surface area contributed by atoms with Crippen LogP contribution in [-0.2, 0) is 6.54 Å². The largest absolute Gasteiger partial charge is 0.396 e. The highest BCUT2D eigenvalue weighted by atomic mass is 16.3. The van der Waals surface area contributed by atoms with E-state index in [0.29, 0.717) is 13.1 Å². The van der Waals surface area contributed by atoms with Gasteiger partial charge in [0.25, 0.3) is 0 Å². The number of nitrogens with one attached hydrogen (secondary N) is 1. The van der Waals surface area contributed by atoms with Gasteiger partial charge in [0.2, 0.25) is 0 Å². The fourth-order valence-corrected chi connectivity index (χ4v) is 3.14. The topological polar surface area (TPSA) is 70.4 Å². The molecule has 1 atom stereocenters. The lowest BCUT2D eigenvalue weighted by Crippen LogP contribution is -2.46. The highest BCUT2D eigenvalue weighted by Crippen LogP contribution is 2.15. The molecule has 0 saturated carbocycles. The third kappa shape index (κ3) is 3.82. The Morgan fingerprint density at radius 2 is 2.26 bits per heavy atom. The summed E-state index contributed by atoms with van der Waals surface area (Å²) in [5, 5.41) is 17.7. The Balaban J connectivity index is 1.43. The molecule has 6 heteroatoms. The first-order chi connectivity index (χ1) is 11.3. The van der Waals surface area contributed by atoms with Gasteiger partial charge in [-0.05, 0) is 31.2 Å². The van der Waals surface area contributed by atoms with Gasteiger partial charge >= 0.3 is 6.03 Å². The van der Waals surface area contributed by atoms with Crippen LogP contribution in [0.3, 0.4) is 0 Å². The van der Waals surface area contributed by atoms with Gasteiger partial charge in [0.15, 0.2) is 0 Å². The first-order valence-corrected chi connectivity index (χ1v) is 8.32. The van der Waals surface area contributed by atoms with Crippen LogP contribution < -0.4 is 5.32 Å². The number of fused-ring (bicyclic) bond motifs is 1. The first kappa shape index (κ1) is 15.8. The Labute approximate surface area is 136 Å². The van der Waals surface area contributed by atoms with Gasteiger partial charge < -0.3 is 15.3 Å². The van der Waals surface area contributed by atoms with Gasteiger partial charge in [-0.3, -0.25) is 4.68 Å². The van der Waals surface area contributed by atoms with Crippen molar-refractivity contribution in [3.05, 3.63) is 30.5 Å². The lowest BCUT2D eigenvalue weighted by Gasteiger charge is -2.31. The number of aryl methyl sites for hydroxylation is 1. The zero-order valence-corrected chi connectivity index (χ0v) is 13.3. The van der Waals surface area contributed by atoms with Crippen LogP contribution in [0.5, 0.6) is 0 Å². The number of aliphatic hydroxyl groups is 1. The van der Waals surface area contributed by atoms with Gasteiger partial charge in [-0.25, -0.2) is 4.79 Å². The molecule has 0 bridgehead atoms. The van der Waals surface area contributed by atoms with Crippen molar-refractivity contribution >= 4 is 16.9 Å². The predicted octanol–water partition coefficient (Wildman–Crippen LogP) is 1.84. The van der Waals surface area contributed by atoms with E-state index in [2.05, 4.69) is 22.5 Å². The Kier molecular flexibility index (Phi) is 5.12. The molecule has 2 amide bonds. The number of carbonyl (C=O) groups is 1. The SMILES string of the molecule is O=C(NCCCn1ncc2ccccc21)N1CCC[C@@H](CO)C1. The number of aliphatic hydroxyl groups excluding tert-OH is 1. The van der Waals surface area contributed by atoms with Crippen LogP contribution in [0.2, 0.25) is 0 Å². The Hall–Kier alpha value is -2.08. The van der Waals surface area contributed by atoms with Crippen molar-refractivity contribution in [2.75, 3.05) is 26.2 Å².